The second-order valence-electron chi connectivity index (χ2n) is 5.78. The highest BCUT2D eigenvalue weighted by molar-refractivity contribution is 5.56. The number of pyridine rings is 1. The van der Waals surface area contributed by atoms with Gasteiger partial charge in [0.2, 0.25) is 0 Å². The number of fused-ring (bicyclic) bond motifs is 1. The molecule has 0 bridgehead atoms. The molecule has 1 unspecified atom stereocenters. The highest BCUT2D eigenvalue weighted by Gasteiger charge is 2.24. The topological polar surface area (TPSA) is 61.2 Å². The van der Waals surface area contributed by atoms with Gasteiger partial charge < -0.3 is 15.0 Å². The van der Waals surface area contributed by atoms with Crippen molar-refractivity contribution in [2.24, 2.45) is 0 Å². The minimum Gasteiger partial charge on any atom is -0.373 e. The van der Waals surface area contributed by atoms with E-state index in [9.17, 15) is 5.26 Å². The minimum absolute atomic E-state index is 0.160. The Morgan fingerprint density at radius 1 is 1.48 bits per heavy atom. The lowest BCUT2D eigenvalue weighted by molar-refractivity contribution is 0.0419. The molecule has 2 heterocycles. The van der Waals surface area contributed by atoms with E-state index >= 15 is 0 Å². The van der Waals surface area contributed by atoms with E-state index in [0.717, 1.165) is 38.3 Å². The zero-order chi connectivity index (χ0) is 14.7. The van der Waals surface area contributed by atoms with Crippen LogP contribution in [0.5, 0.6) is 0 Å². The first-order valence-corrected chi connectivity index (χ1v) is 7.76. The van der Waals surface area contributed by atoms with E-state index in [-0.39, 0.29) is 6.10 Å². The summed E-state index contributed by atoms with van der Waals surface area (Å²) in [5.74, 6) is 0.850. The fourth-order valence-corrected chi connectivity index (χ4v) is 3.21. The summed E-state index contributed by atoms with van der Waals surface area (Å²) in [6.07, 6.45) is 4.67. The Morgan fingerprint density at radius 3 is 3.14 bits per heavy atom. The number of nitriles is 1. The van der Waals surface area contributed by atoms with Crippen LogP contribution < -0.4 is 10.2 Å². The predicted molar refractivity (Wildman–Crippen MR) is 81.5 cm³/mol. The molecule has 0 saturated carbocycles. The molecule has 1 atom stereocenters. The van der Waals surface area contributed by atoms with Crippen LogP contribution in [-0.4, -0.2) is 44.4 Å². The number of ether oxygens (including phenoxy) is 1. The number of aryl methyl sites for hydroxylation is 2. The van der Waals surface area contributed by atoms with Gasteiger partial charge in [0.05, 0.1) is 18.3 Å². The van der Waals surface area contributed by atoms with Gasteiger partial charge in [0.15, 0.2) is 0 Å². The van der Waals surface area contributed by atoms with Crippen LogP contribution in [0.25, 0.3) is 0 Å². The second kappa shape index (κ2) is 6.42. The van der Waals surface area contributed by atoms with Gasteiger partial charge in [-0.05, 0) is 44.4 Å². The van der Waals surface area contributed by atoms with Gasteiger partial charge in [-0.1, -0.05) is 0 Å². The lowest BCUT2D eigenvalue weighted by Crippen LogP contribution is -2.47. The Kier molecular flexibility index (Phi) is 4.37. The number of anilines is 1. The van der Waals surface area contributed by atoms with E-state index in [1.165, 1.54) is 24.1 Å². The molecule has 0 spiro atoms. The molecular weight excluding hydrogens is 264 g/mol. The van der Waals surface area contributed by atoms with E-state index in [1.807, 2.05) is 7.05 Å². The molecule has 112 valence electrons. The summed E-state index contributed by atoms with van der Waals surface area (Å²) in [7, 11) is 1.93. The highest BCUT2D eigenvalue weighted by atomic mass is 16.5. The summed E-state index contributed by atoms with van der Waals surface area (Å²) in [6.45, 7) is 3.11. The quantitative estimate of drug-likeness (QED) is 0.906. The van der Waals surface area contributed by atoms with Gasteiger partial charge in [-0.3, -0.25) is 0 Å². The van der Waals surface area contributed by atoms with Crippen LogP contribution in [-0.2, 0) is 17.6 Å². The number of morpholine rings is 1. The third-order valence-electron chi connectivity index (χ3n) is 4.27. The van der Waals surface area contributed by atoms with Crippen molar-refractivity contribution in [3.05, 3.63) is 22.9 Å². The fraction of sp³-hybridized carbons (Fsp3) is 0.625. The van der Waals surface area contributed by atoms with Crippen molar-refractivity contribution < 1.29 is 4.74 Å². The van der Waals surface area contributed by atoms with Crippen molar-refractivity contribution >= 4 is 5.82 Å². The SMILES string of the molecule is CNCC1CN(c2nc3c(cc2C#N)CCCC3)CCO1. The Morgan fingerprint density at radius 2 is 2.33 bits per heavy atom. The Hall–Kier alpha value is -1.64. The first kappa shape index (κ1) is 14.3. The standard InChI is InChI=1S/C16H22N4O/c1-18-10-14-11-20(6-7-21-14)16-13(9-17)8-12-4-2-3-5-15(12)19-16/h8,14,18H,2-7,10-11H2,1H3. The molecule has 5 nitrogen and oxygen atoms in total. The molecule has 1 aliphatic carbocycles. The number of hydrogen-bond acceptors (Lipinski definition) is 5. The largest absolute Gasteiger partial charge is 0.373 e. The van der Waals surface area contributed by atoms with Crippen molar-refractivity contribution in [1.82, 2.24) is 10.3 Å². The first-order valence-electron chi connectivity index (χ1n) is 7.76. The summed E-state index contributed by atoms with van der Waals surface area (Å²) in [4.78, 5) is 7.04. The second-order valence-corrected chi connectivity index (χ2v) is 5.78. The molecule has 21 heavy (non-hydrogen) atoms. The van der Waals surface area contributed by atoms with Crippen molar-refractivity contribution in [3.63, 3.8) is 0 Å². The van der Waals surface area contributed by atoms with Gasteiger partial charge >= 0.3 is 0 Å². The summed E-state index contributed by atoms with van der Waals surface area (Å²) < 4.78 is 5.74. The number of hydrogen-bond donors (Lipinski definition) is 1. The molecule has 0 aromatic carbocycles. The minimum atomic E-state index is 0.160. The van der Waals surface area contributed by atoms with Crippen LogP contribution in [0.3, 0.4) is 0 Å². The monoisotopic (exact) mass is 286 g/mol. The molecule has 1 saturated heterocycles. The first-order chi connectivity index (χ1) is 10.3. The zero-order valence-electron chi connectivity index (χ0n) is 12.6. The van der Waals surface area contributed by atoms with E-state index in [0.29, 0.717) is 12.2 Å². The maximum atomic E-state index is 9.46. The van der Waals surface area contributed by atoms with Crippen molar-refractivity contribution in [2.75, 3.05) is 38.2 Å². The van der Waals surface area contributed by atoms with Crippen molar-refractivity contribution in [3.8, 4) is 6.07 Å². The number of aromatic nitrogens is 1. The summed E-state index contributed by atoms with van der Waals surface area (Å²) in [5, 5.41) is 12.6. The number of likely N-dealkylation sites (N-methyl/N-ethyl adjacent to an activating group) is 1. The molecule has 1 aromatic rings. The van der Waals surface area contributed by atoms with Gasteiger partial charge in [0.1, 0.15) is 11.9 Å². The van der Waals surface area contributed by atoms with Crippen LogP contribution in [0.1, 0.15) is 29.7 Å². The van der Waals surface area contributed by atoms with Crippen LogP contribution in [0.4, 0.5) is 5.82 Å². The predicted octanol–water partition coefficient (Wildman–Crippen LogP) is 1.26. The van der Waals surface area contributed by atoms with Crippen molar-refractivity contribution in [1.29, 1.82) is 5.26 Å². The van der Waals surface area contributed by atoms with Gasteiger partial charge in [-0.2, -0.15) is 5.26 Å². The summed E-state index contributed by atoms with van der Waals surface area (Å²) in [5.41, 5.74) is 3.16. The summed E-state index contributed by atoms with van der Waals surface area (Å²) >= 11 is 0. The van der Waals surface area contributed by atoms with Crippen LogP contribution >= 0.6 is 0 Å². The van der Waals surface area contributed by atoms with E-state index < -0.39 is 0 Å². The van der Waals surface area contributed by atoms with Gasteiger partial charge in [-0.15, -0.1) is 0 Å². The molecule has 2 aliphatic rings. The summed E-state index contributed by atoms with van der Waals surface area (Å²) in [6, 6.07) is 4.38. The van der Waals surface area contributed by atoms with E-state index in [2.05, 4.69) is 22.4 Å². The van der Waals surface area contributed by atoms with Gasteiger partial charge in [0, 0.05) is 25.3 Å². The molecule has 3 rings (SSSR count). The normalized spacial score (nSPS) is 21.7. The van der Waals surface area contributed by atoms with Gasteiger partial charge in [-0.25, -0.2) is 4.98 Å². The Balaban J connectivity index is 1.88. The molecule has 1 aromatic heterocycles. The van der Waals surface area contributed by atoms with Crippen LogP contribution in [0.15, 0.2) is 6.07 Å². The lowest BCUT2D eigenvalue weighted by atomic mass is 9.95. The molecule has 5 heteroatoms. The van der Waals surface area contributed by atoms with E-state index in [4.69, 9.17) is 9.72 Å². The van der Waals surface area contributed by atoms with Crippen LogP contribution in [0.2, 0.25) is 0 Å². The highest BCUT2D eigenvalue weighted by Crippen LogP contribution is 2.27. The smallest absolute Gasteiger partial charge is 0.147 e. The molecule has 1 N–H and O–H groups in total. The molecule has 1 aliphatic heterocycles. The third kappa shape index (κ3) is 3.02. The number of nitrogens with zero attached hydrogens (tertiary/aromatic N) is 3. The van der Waals surface area contributed by atoms with E-state index in [1.54, 1.807) is 0 Å². The molecule has 1 fully saturated rings. The lowest BCUT2D eigenvalue weighted by Gasteiger charge is -2.34. The zero-order valence-corrected chi connectivity index (χ0v) is 12.6. The average molecular weight is 286 g/mol. The van der Waals surface area contributed by atoms with Crippen LogP contribution in [0, 0.1) is 11.3 Å². The van der Waals surface area contributed by atoms with Crippen molar-refractivity contribution in [2.45, 2.75) is 31.8 Å². The third-order valence-corrected chi connectivity index (χ3v) is 4.27. The number of rotatable bonds is 3. The number of nitrogens with one attached hydrogen (secondary N) is 1. The fourth-order valence-electron chi connectivity index (χ4n) is 3.21. The molecule has 0 radical (unpaired) electrons. The Bertz CT molecular complexity index is 550. The molecule has 0 amide bonds. The maximum Gasteiger partial charge on any atom is 0.147 e. The maximum absolute atomic E-state index is 9.46. The average Bonchev–Trinajstić information content (AvgIpc) is 2.54. The molecular formula is C16H22N4O. The Labute approximate surface area is 125 Å². The van der Waals surface area contributed by atoms with Gasteiger partial charge in [0.25, 0.3) is 0 Å².